The number of carbonyl (C=O) groups is 1. The Bertz CT molecular complexity index is 1060. The van der Waals surface area contributed by atoms with Crippen LogP contribution < -0.4 is 5.32 Å². The van der Waals surface area contributed by atoms with E-state index in [1.54, 1.807) is 31.3 Å². The molecule has 4 rings (SSSR count). The highest BCUT2D eigenvalue weighted by Gasteiger charge is 2.49. The lowest BCUT2D eigenvalue weighted by Crippen LogP contribution is -2.47. The zero-order chi connectivity index (χ0) is 20.1. The molecule has 0 bridgehead atoms. The van der Waals surface area contributed by atoms with Gasteiger partial charge in [-0.1, -0.05) is 11.6 Å². The molecule has 1 atom stereocenters. The Hall–Kier alpha value is -2.68. The zero-order valence-electron chi connectivity index (χ0n) is 14.7. The van der Waals surface area contributed by atoms with E-state index in [1.165, 1.54) is 10.6 Å². The molecule has 1 amide bonds. The molecular formula is C18H15ClF3N5O. The molecule has 0 aliphatic heterocycles. The maximum Gasteiger partial charge on any atom is 0.408 e. The average molecular weight is 410 g/mol. The van der Waals surface area contributed by atoms with Crippen molar-refractivity contribution in [3.8, 4) is 11.4 Å². The fraction of sp³-hybridized carbons (Fsp3) is 0.333. The largest absolute Gasteiger partial charge is 0.408 e. The number of fused-ring (bicyclic) bond motifs is 1. The van der Waals surface area contributed by atoms with Crippen LogP contribution in [0.3, 0.4) is 0 Å². The van der Waals surface area contributed by atoms with Crippen LogP contribution in [0.1, 0.15) is 29.0 Å². The van der Waals surface area contributed by atoms with E-state index in [2.05, 4.69) is 20.4 Å². The van der Waals surface area contributed by atoms with Gasteiger partial charge >= 0.3 is 6.18 Å². The molecule has 0 radical (unpaired) electrons. The number of nitrogens with one attached hydrogen (secondary N) is 1. The van der Waals surface area contributed by atoms with Crippen LogP contribution >= 0.6 is 11.6 Å². The van der Waals surface area contributed by atoms with Crippen LogP contribution in [-0.4, -0.2) is 37.7 Å². The smallest absolute Gasteiger partial charge is 0.339 e. The lowest BCUT2D eigenvalue weighted by atomic mass is 10.1. The predicted molar refractivity (Wildman–Crippen MR) is 96.0 cm³/mol. The number of aryl methyl sites for hydroxylation is 1. The summed E-state index contributed by atoms with van der Waals surface area (Å²) in [6, 6.07) is 4.49. The first-order valence-corrected chi connectivity index (χ1v) is 8.97. The number of amides is 1. The molecule has 146 valence electrons. The van der Waals surface area contributed by atoms with Gasteiger partial charge in [-0.2, -0.15) is 18.3 Å². The molecule has 1 aliphatic carbocycles. The summed E-state index contributed by atoms with van der Waals surface area (Å²) in [4.78, 5) is 21.0. The van der Waals surface area contributed by atoms with Gasteiger partial charge in [-0.25, -0.2) is 9.50 Å². The van der Waals surface area contributed by atoms with Crippen LogP contribution in [0, 0.1) is 12.8 Å². The first kappa shape index (κ1) is 18.7. The van der Waals surface area contributed by atoms with Gasteiger partial charge in [-0.05, 0) is 43.9 Å². The summed E-state index contributed by atoms with van der Waals surface area (Å²) < 4.78 is 40.9. The normalized spacial score (nSPS) is 15.6. The zero-order valence-corrected chi connectivity index (χ0v) is 15.4. The molecule has 0 aromatic carbocycles. The fourth-order valence-corrected chi connectivity index (χ4v) is 3.18. The monoisotopic (exact) mass is 409 g/mol. The number of rotatable bonds is 4. The quantitative estimate of drug-likeness (QED) is 0.711. The number of carbonyl (C=O) groups excluding carboxylic acids is 1. The minimum Gasteiger partial charge on any atom is -0.339 e. The van der Waals surface area contributed by atoms with E-state index in [-0.39, 0.29) is 5.69 Å². The molecular weight excluding hydrogens is 395 g/mol. The van der Waals surface area contributed by atoms with E-state index >= 15 is 0 Å². The van der Waals surface area contributed by atoms with Crippen molar-refractivity contribution in [2.75, 3.05) is 0 Å². The Morgan fingerprint density at radius 2 is 2.04 bits per heavy atom. The summed E-state index contributed by atoms with van der Waals surface area (Å²) in [5, 5.41) is 6.68. The second kappa shape index (κ2) is 6.73. The van der Waals surface area contributed by atoms with Gasteiger partial charge in [0.1, 0.15) is 6.04 Å². The van der Waals surface area contributed by atoms with Gasteiger partial charge in [0.15, 0.2) is 11.3 Å². The van der Waals surface area contributed by atoms with E-state index < -0.39 is 24.0 Å². The van der Waals surface area contributed by atoms with Crippen molar-refractivity contribution in [2.24, 2.45) is 5.92 Å². The van der Waals surface area contributed by atoms with E-state index in [9.17, 15) is 18.0 Å². The number of hydrogen-bond acceptors (Lipinski definition) is 4. The minimum atomic E-state index is -4.49. The van der Waals surface area contributed by atoms with Crippen molar-refractivity contribution in [2.45, 2.75) is 32.0 Å². The van der Waals surface area contributed by atoms with Crippen LogP contribution in [0.5, 0.6) is 0 Å². The minimum absolute atomic E-state index is 0.123. The predicted octanol–water partition coefficient (Wildman–Crippen LogP) is 3.82. The highest BCUT2D eigenvalue weighted by atomic mass is 35.5. The molecule has 3 heterocycles. The van der Waals surface area contributed by atoms with Crippen molar-refractivity contribution >= 4 is 23.2 Å². The molecule has 28 heavy (non-hydrogen) atoms. The second-order valence-corrected chi connectivity index (χ2v) is 7.21. The molecule has 1 N–H and O–H groups in total. The van der Waals surface area contributed by atoms with Gasteiger partial charge in [-0.15, -0.1) is 0 Å². The van der Waals surface area contributed by atoms with E-state index in [0.29, 0.717) is 40.6 Å². The van der Waals surface area contributed by atoms with Crippen molar-refractivity contribution in [1.82, 2.24) is 24.9 Å². The van der Waals surface area contributed by atoms with Crippen LogP contribution in [0.2, 0.25) is 5.02 Å². The Morgan fingerprint density at radius 3 is 2.68 bits per heavy atom. The van der Waals surface area contributed by atoms with Crippen LogP contribution in [0.4, 0.5) is 13.2 Å². The van der Waals surface area contributed by atoms with Crippen molar-refractivity contribution in [3.05, 3.63) is 46.9 Å². The van der Waals surface area contributed by atoms with Gasteiger partial charge in [0.25, 0.3) is 5.91 Å². The average Bonchev–Trinajstić information content (AvgIpc) is 3.35. The third-order valence-electron chi connectivity index (χ3n) is 4.55. The lowest BCUT2D eigenvalue weighted by molar-refractivity contribution is -0.158. The molecule has 3 aromatic rings. The molecule has 1 saturated carbocycles. The molecule has 10 heteroatoms. The first-order valence-electron chi connectivity index (χ1n) is 8.59. The highest BCUT2D eigenvalue weighted by molar-refractivity contribution is 6.30. The van der Waals surface area contributed by atoms with Gasteiger partial charge < -0.3 is 5.32 Å². The number of nitrogens with zero attached hydrogens (tertiary/aromatic N) is 4. The van der Waals surface area contributed by atoms with Gasteiger partial charge in [0.05, 0.1) is 11.4 Å². The topological polar surface area (TPSA) is 72.2 Å². The SMILES string of the molecule is Cc1cc(-c2cc(Cl)ccn2)nc2cc(C(=O)NC(C3CC3)C(F)(F)F)nn12. The van der Waals surface area contributed by atoms with E-state index in [0.717, 1.165) is 0 Å². The van der Waals surface area contributed by atoms with Crippen molar-refractivity contribution < 1.29 is 18.0 Å². The molecule has 1 fully saturated rings. The number of pyridine rings is 1. The molecule has 0 spiro atoms. The summed E-state index contributed by atoms with van der Waals surface area (Å²) in [6.07, 6.45) is -2.04. The van der Waals surface area contributed by atoms with Gasteiger partial charge in [0.2, 0.25) is 0 Å². The Labute approximate surface area is 162 Å². The van der Waals surface area contributed by atoms with Crippen LogP contribution in [-0.2, 0) is 0 Å². The second-order valence-electron chi connectivity index (χ2n) is 6.77. The van der Waals surface area contributed by atoms with Gasteiger partial charge in [0, 0.05) is 23.0 Å². The summed E-state index contributed by atoms with van der Waals surface area (Å²) in [7, 11) is 0. The summed E-state index contributed by atoms with van der Waals surface area (Å²) in [6.45, 7) is 1.75. The molecule has 0 saturated heterocycles. The first-order chi connectivity index (χ1) is 13.2. The van der Waals surface area contributed by atoms with Crippen LogP contribution in [0.25, 0.3) is 17.0 Å². The maximum absolute atomic E-state index is 13.2. The van der Waals surface area contributed by atoms with Crippen LogP contribution in [0.15, 0.2) is 30.5 Å². The third kappa shape index (κ3) is 3.66. The maximum atomic E-state index is 13.2. The number of aromatic nitrogens is 4. The molecule has 6 nitrogen and oxygen atoms in total. The Kier molecular flexibility index (Phi) is 4.49. The van der Waals surface area contributed by atoms with Crippen molar-refractivity contribution in [1.29, 1.82) is 0 Å². The Morgan fingerprint density at radius 1 is 1.29 bits per heavy atom. The summed E-state index contributed by atoms with van der Waals surface area (Å²) in [5.74, 6) is -1.44. The summed E-state index contributed by atoms with van der Waals surface area (Å²) in [5.41, 5.74) is 1.91. The third-order valence-corrected chi connectivity index (χ3v) is 4.79. The molecule has 1 unspecified atom stereocenters. The highest BCUT2D eigenvalue weighted by Crippen LogP contribution is 2.40. The van der Waals surface area contributed by atoms with Crippen molar-refractivity contribution in [3.63, 3.8) is 0 Å². The standard InChI is InChI=1S/C18H15ClF3N5O/c1-9-6-13(12-7-11(19)4-5-23-12)24-15-8-14(26-27(9)15)17(28)25-16(10-2-3-10)18(20,21)22/h4-8,10,16H,2-3H2,1H3,(H,25,28). The summed E-state index contributed by atoms with van der Waals surface area (Å²) >= 11 is 5.98. The molecule has 3 aromatic heterocycles. The number of hydrogen-bond donors (Lipinski definition) is 1. The fourth-order valence-electron chi connectivity index (χ4n) is 3.02. The van der Waals surface area contributed by atoms with E-state index in [4.69, 9.17) is 11.6 Å². The van der Waals surface area contributed by atoms with E-state index in [1.807, 2.05) is 0 Å². The molecule has 1 aliphatic rings. The van der Waals surface area contributed by atoms with Gasteiger partial charge in [-0.3, -0.25) is 9.78 Å². The lowest BCUT2D eigenvalue weighted by Gasteiger charge is -2.20. The Balaban J connectivity index is 1.66. The number of alkyl halides is 3. The number of halogens is 4.